The maximum absolute atomic E-state index is 5.83. The molecule has 0 saturated carbocycles. The van der Waals surface area contributed by atoms with E-state index in [9.17, 15) is 0 Å². The van der Waals surface area contributed by atoms with Gasteiger partial charge >= 0.3 is 0 Å². The molecule has 3 heteroatoms. The van der Waals surface area contributed by atoms with Crippen molar-refractivity contribution >= 4 is 0 Å². The summed E-state index contributed by atoms with van der Waals surface area (Å²) in [5, 5.41) is 3.53. The quantitative estimate of drug-likeness (QED) is 0.840. The first-order chi connectivity index (χ1) is 8.90. The number of nitrogens with one attached hydrogen (secondary N) is 1. The zero-order valence-electron chi connectivity index (χ0n) is 11.2. The van der Waals surface area contributed by atoms with Gasteiger partial charge in [-0.25, -0.2) is 0 Å². The SMILES string of the molecule is CCOc1ccccc1OCC[C@H]1CCCCN1. The number of hydrogen-bond donors (Lipinski definition) is 1. The lowest BCUT2D eigenvalue weighted by Gasteiger charge is -2.23. The molecule has 0 bridgehead atoms. The van der Waals surface area contributed by atoms with Gasteiger partial charge in [0.2, 0.25) is 0 Å². The van der Waals surface area contributed by atoms with E-state index in [2.05, 4.69) is 5.32 Å². The van der Waals surface area contributed by atoms with Crippen LogP contribution in [0.5, 0.6) is 11.5 Å². The summed E-state index contributed by atoms with van der Waals surface area (Å²) in [6.45, 7) is 4.56. The highest BCUT2D eigenvalue weighted by atomic mass is 16.5. The monoisotopic (exact) mass is 249 g/mol. The predicted molar refractivity (Wildman–Crippen MR) is 73.4 cm³/mol. The first-order valence-electron chi connectivity index (χ1n) is 6.98. The molecule has 0 amide bonds. The van der Waals surface area contributed by atoms with E-state index in [0.717, 1.165) is 31.1 Å². The molecule has 3 nitrogen and oxygen atoms in total. The zero-order valence-corrected chi connectivity index (χ0v) is 11.2. The van der Waals surface area contributed by atoms with Crippen LogP contribution in [0.15, 0.2) is 24.3 Å². The Hall–Kier alpha value is -1.22. The molecule has 0 radical (unpaired) electrons. The van der Waals surface area contributed by atoms with E-state index in [0.29, 0.717) is 12.6 Å². The highest BCUT2D eigenvalue weighted by Crippen LogP contribution is 2.26. The molecular formula is C15H23NO2. The smallest absolute Gasteiger partial charge is 0.161 e. The third-order valence-electron chi connectivity index (χ3n) is 3.29. The van der Waals surface area contributed by atoms with Gasteiger partial charge in [-0.1, -0.05) is 18.6 Å². The van der Waals surface area contributed by atoms with E-state index >= 15 is 0 Å². The van der Waals surface area contributed by atoms with Crippen molar-refractivity contribution in [1.82, 2.24) is 5.32 Å². The van der Waals surface area contributed by atoms with E-state index in [-0.39, 0.29) is 0 Å². The molecule has 1 fully saturated rings. The van der Waals surface area contributed by atoms with E-state index in [4.69, 9.17) is 9.47 Å². The number of ether oxygens (including phenoxy) is 2. The topological polar surface area (TPSA) is 30.5 Å². The van der Waals surface area contributed by atoms with Gasteiger partial charge in [0.15, 0.2) is 11.5 Å². The van der Waals surface area contributed by atoms with Crippen molar-refractivity contribution in [3.63, 3.8) is 0 Å². The van der Waals surface area contributed by atoms with Gasteiger partial charge in [-0.05, 0) is 44.9 Å². The highest BCUT2D eigenvalue weighted by molar-refractivity contribution is 5.39. The van der Waals surface area contributed by atoms with Crippen molar-refractivity contribution in [2.24, 2.45) is 0 Å². The van der Waals surface area contributed by atoms with E-state index in [1.54, 1.807) is 0 Å². The second-order valence-electron chi connectivity index (χ2n) is 4.66. The number of benzene rings is 1. The molecule has 0 unspecified atom stereocenters. The number of hydrogen-bond acceptors (Lipinski definition) is 3. The summed E-state index contributed by atoms with van der Waals surface area (Å²) in [4.78, 5) is 0. The van der Waals surface area contributed by atoms with Crippen LogP contribution in [-0.2, 0) is 0 Å². The standard InChI is InChI=1S/C15H23NO2/c1-2-17-14-8-3-4-9-15(14)18-12-10-13-7-5-6-11-16-13/h3-4,8-9,13,16H,2,5-7,10-12H2,1H3/t13-/m1/s1. The lowest BCUT2D eigenvalue weighted by molar-refractivity contribution is 0.249. The summed E-state index contributed by atoms with van der Waals surface area (Å²) < 4.78 is 11.4. The van der Waals surface area contributed by atoms with Crippen LogP contribution in [0.25, 0.3) is 0 Å². The third kappa shape index (κ3) is 3.91. The molecule has 1 aliphatic heterocycles. The zero-order chi connectivity index (χ0) is 12.6. The summed E-state index contributed by atoms with van der Waals surface area (Å²) in [5.74, 6) is 1.70. The maximum Gasteiger partial charge on any atom is 0.161 e. The second kappa shape index (κ2) is 7.27. The van der Waals surface area contributed by atoms with Crippen molar-refractivity contribution in [2.75, 3.05) is 19.8 Å². The largest absolute Gasteiger partial charge is 0.490 e. The first kappa shape index (κ1) is 13.2. The summed E-state index contributed by atoms with van der Waals surface area (Å²) >= 11 is 0. The fourth-order valence-corrected chi connectivity index (χ4v) is 2.33. The second-order valence-corrected chi connectivity index (χ2v) is 4.66. The van der Waals surface area contributed by atoms with Crippen molar-refractivity contribution in [3.05, 3.63) is 24.3 Å². The van der Waals surface area contributed by atoms with Gasteiger partial charge in [0.25, 0.3) is 0 Å². The molecule has 2 rings (SSSR count). The predicted octanol–water partition coefficient (Wildman–Crippen LogP) is 3.00. The van der Waals surface area contributed by atoms with Crippen LogP contribution in [-0.4, -0.2) is 25.8 Å². The molecule has 18 heavy (non-hydrogen) atoms. The van der Waals surface area contributed by atoms with Crippen molar-refractivity contribution < 1.29 is 9.47 Å². The van der Waals surface area contributed by atoms with Gasteiger partial charge in [0, 0.05) is 6.04 Å². The molecule has 1 aromatic carbocycles. The minimum Gasteiger partial charge on any atom is -0.490 e. The van der Waals surface area contributed by atoms with E-state index < -0.39 is 0 Å². The van der Waals surface area contributed by atoms with Crippen LogP contribution in [0.2, 0.25) is 0 Å². The van der Waals surface area contributed by atoms with Crippen LogP contribution in [0, 0.1) is 0 Å². The Morgan fingerprint density at radius 2 is 1.94 bits per heavy atom. The van der Waals surface area contributed by atoms with Gasteiger partial charge in [-0.15, -0.1) is 0 Å². The van der Waals surface area contributed by atoms with Crippen LogP contribution >= 0.6 is 0 Å². The van der Waals surface area contributed by atoms with Crippen molar-refractivity contribution in [2.45, 2.75) is 38.6 Å². The van der Waals surface area contributed by atoms with Gasteiger partial charge in [-0.3, -0.25) is 0 Å². The van der Waals surface area contributed by atoms with Crippen molar-refractivity contribution in [1.29, 1.82) is 0 Å². The molecule has 0 spiro atoms. The minimum atomic E-state index is 0.623. The molecule has 0 aliphatic carbocycles. The number of piperidine rings is 1. The number of rotatable bonds is 6. The maximum atomic E-state index is 5.83. The molecule has 1 N–H and O–H groups in total. The minimum absolute atomic E-state index is 0.623. The normalized spacial score (nSPS) is 19.5. The fraction of sp³-hybridized carbons (Fsp3) is 0.600. The fourth-order valence-electron chi connectivity index (χ4n) is 2.33. The molecule has 1 saturated heterocycles. The van der Waals surface area contributed by atoms with Crippen LogP contribution in [0.4, 0.5) is 0 Å². The van der Waals surface area contributed by atoms with Gasteiger partial charge in [0.1, 0.15) is 0 Å². The molecular weight excluding hydrogens is 226 g/mol. The molecule has 1 aromatic rings. The first-order valence-corrected chi connectivity index (χ1v) is 6.98. The summed E-state index contributed by atoms with van der Waals surface area (Å²) in [6.07, 6.45) is 4.99. The Morgan fingerprint density at radius 3 is 2.61 bits per heavy atom. The Kier molecular flexibility index (Phi) is 5.34. The van der Waals surface area contributed by atoms with Crippen LogP contribution < -0.4 is 14.8 Å². The lowest BCUT2D eigenvalue weighted by Crippen LogP contribution is -2.35. The Balaban J connectivity index is 1.78. The summed E-state index contributed by atoms with van der Waals surface area (Å²) in [6, 6.07) is 8.51. The van der Waals surface area contributed by atoms with Gasteiger partial charge in [0.05, 0.1) is 13.2 Å². The average molecular weight is 249 g/mol. The van der Waals surface area contributed by atoms with Gasteiger partial charge in [-0.2, -0.15) is 0 Å². The summed E-state index contributed by atoms with van der Waals surface area (Å²) in [7, 11) is 0. The Bertz CT molecular complexity index is 348. The van der Waals surface area contributed by atoms with Crippen molar-refractivity contribution in [3.8, 4) is 11.5 Å². The molecule has 1 heterocycles. The van der Waals surface area contributed by atoms with Crippen LogP contribution in [0.3, 0.4) is 0 Å². The Labute approximate surface area is 109 Å². The molecule has 100 valence electrons. The highest BCUT2D eigenvalue weighted by Gasteiger charge is 2.12. The average Bonchev–Trinajstić information content (AvgIpc) is 2.42. The molecule has 1 atom stereocenters. The summed E-state index contributed by atoms with van der Waals surface area (Å²) in [5.41, 5.74) is 0. The lowest BCUT2D eigenvalue weighted by atomic mass is 10.0. The third-order valence-corrected chi connectivity index (χ3v) is 3.29. The van der Waals surface area contributed by atoms with E-state index in [1.807, 2.05) is 31.2 Å². The van der Waals surface area contributed by atoms with Gasteiger partial charge < -0.3 is 14.8 Å². The van der Waals surface area contributed by atoms with Crippen LogP contribution in [0.1, 0.15) is 32.6 Å². The van der Waals surface area contributed by atoms with E-state index in [1.165, 1.54) is 19.3 Å². The molecule has 1 aliphatic rings. The molecule has 0 aromatic heterocycles. The number of para-hydroxylation sites is 2. The Morgan fingerprint density at radius 1 is 1.17 bits per heavy atom.